The van der Waals surface area contributed by atoms with E-state index < -0.39 is 22.1 Å². The van der Waals surface area contributed by atoms with Crippen LogP contribution in [0.4, 0.5) is 13.2 Å². The quantitative estimate of drug-likeness (QED) is 0.620. The molecule has 1 aliphatic rings. The molecule has 2 aromatic rings. The topological polar surface area (TPSA) is 90.2 Å². The molecule has 0 radical (unpaired) electrons. The Morgan fingerprint density at radius 1 is 1.06 bits per heavy atom. The van der Waals surface area contributed by atoms with Gasteiger partial charge in [0.15, 0.2) is 0 Å². The van der Waals surface area contributed by atoms with Crippen LogP contribution >= 0.6 is 0 Å². The van der Waals surface area contributed by atoms with Crippen LogP contribution in [-0.2, 0) is 28.5 Å². The number of piperidine rings is 1. The van der Waals surface area contributed by atoms with Crippen molar-refractivity contribution < 1.29 is 31.2 Å². The van der Waals surface area contributed by atoms with Gasteiger partial charge in [0.05, 0.1) is 10.6 Å². The van der Waals surface area contributed by atoms with E-state index in [0.29, 0.717) is 18.6 Å². The number of halogens is 3. The number of pyridine rings is 1. The van der Waals surface area contributed by atoms with Crippen LogP contribution < -0.4 is 10.3 Å². The van der Waals surface area contributed by atoms with Gasteiger partial charge in [0.1, 0.15) is 12.4 Å². The van der Waals surface area contributed by atoms with Crippen molar-refractivity contribution >= 4 is 15.7 Å². The number of nitrogens with zero attached hydrogens (tertiary/aromatic N) is 3. The molecule has 1 aliphatic heterocycles. The molecule has 1 aromatic heterocycles. The minimum atomic E-state index is -4.85. The van der Waals surface area contributed by atoms with Crippen LogP contribution in [-0.4, -0.2) is 42.5 Å². The maximum absolute atomic E-state index is 12.7. The highest BCUT2D eigenvalue weighted by Gasteiger charge is 2.32. The average molecular weight is 459 g/mol. The number of alkyl halides is 3. The monoisotopic (exact) mass is 459 g/mol. The van der Waals surface area contributed by atoms with Gasteiger partial charge < -0.3 is 14.1 Å². The van der Waals surface area contributed by atoms with E-state index in [9.17, 15) is 26.4 Å². The zero-order valence-electron chi connectivity index (χ0n) is 16.5. The van der Waals surface area contributed by atoms with E-state index in [-0.39, 0.29) is 30.2 Å². The Balaban J connectivity index is 1.56. The Morgan fingerprint density at radius 2 is 1.71 bits per heavy atom. The Morgan fingerprint density at radius 3 is 2.29 bits per heavy atom. The van der Waals surface area contributed by atoms with Crippen molar-refractivity contribution in [2.45, 2.75) is 30.7 Å². The first-order valence-electron chi connectivity index (χ1n) is 9.24. The van der Waals surface area contributed by atoms with Crippen molar-refractivity contribution in [3.8, 4) is 5.75 Å². The fourth-order valence-corrected chi connectivity index (χ4v) is 4.41. The lowest BCUT2D eigenvalue weighted by atomic mass is 10.1. The van der Waals surface area contributed by atoms with E-state index in [1.54, 1.807) is 19.3 Å². The Labute approximate surface area is 176 Å². The summed E-state index contributed by atoms with van der Waals surface area (Å²) in [6.07, 6.45) is -2.48. The Bertz CT molecular complexity index is 1100. The maximum Gasteiger partial charge on any atom is 0.573 e. The molecular weight excluding hydrogens is 439 g/mol. The van der Waals surface area contributed by atoms with E-state index >= 15 is 0 Å². The minimum Gasteiger partial charge on any atom is -0.406 e. The summed E-state index contributed by atoms with van der Waals surface area (Å²) in [4.78, 5) is 16.6. The van der Waals surface area contributed by atoms with Gasteiger partial charge in [0.2, 0.25) is 15.6 Å². The van der Waals surface area contributed by atoms with E-state index in [2.05, 4.69) is 9.89 Å². The molecule has 0 amide bonds. The molecule has 0 spiro atoms. The second kappa shape index (κ2) is 9.10. The highest BCUT2D eigenvalue weighted by atomic mass is 32.2. The molecule has 8 nitrogen and oxygen atoms in total. The number of benzene rings is 1. The lowest BCUT2D eigenvalue weighted by Gasteiger charge is -2.26. The molecule has 0 saturated carbocycles. The van der Waals surface area contributed by atoms with E-state index in [1.165, 1.54) is 14.9 Å². The molecule has 31 heavy (non-hydrogen) atoms. The lowest BCUT2D eigenvalue weighted by Crippen LogP contribution is -2.38. The third-order valence-corrected chi connectivity index (χ3v) is 6.48. The summed E-state index contributed by atoms with van der Waals surface area (Å²) in [6.45, 7) is 0.516. The smallest absolute Gasteiger partial charge is 0.406 e. The molecule has 12 heteroatoms. The summed E-state index contributed by atoms with van der Waals surface area (Å²) in [5.41, 5.74) is 1.33. The van der Waals surface area contributed by atoms with Crippen molar-refractivity contribution in [2.24, 2.45) is 12.2 Å². The van der Waals surface area contributed by atoms with Gasteiger partial charge >= 0.3 is 6.36 Å². The molecule has 0 N–H and O–H groups in total. The van der Waals surface area contributed by atoms with Gasteiger partial charge in [0, 0.05) is 50.8 Å². The predicted octanol–water partition coefficient (Wildman–Crippen LogP) is 2.64. The first kappa shape index (κ1) is 22.8. The number of aryl methyl sites for hydroxylation is 1. The zero-order valence-corrected chi connectivity index (χ0v) is 17.3. The molecule has 0 aliphatic carbocycles. The fourth-order valence-electron chi connectivity index (χ4n) is 2.97. The van der Waals surface area contributed by atoms with Gasteiger partial charge in [0.25, 0.3) is 0 Å². The summed E-state index contributed by atoms with van der Waals surface area (Å²) in [7, 11) is -2.22. The third kappa shape index (κ3) is 6.07. The number of hydrogen-bond acceptors (Lipinski definition) is 6. The van der Waals surface area contributed by atoms with Crippen molar-refractivity contribution in [3.63, 3.8) is 0 Å². The summed E-state index contributed by atoms with van der Waals surface area (Å²) in [5.74, 6) is -0.491. The molecule has 1 fully saturated rings. The fraction of sp³-hybridized carbons (Fsp3) is 0.368. The van der Waals surface area contributed by atoms with Crippen LogP contribution in [0, 0.1) is 0 Å². The van der Waals surface area contributed by atoms with Crippen LogP contribution in [0.25, 0.3) is 0 Å². The Hall–Kier alpha value is -2.86. The predicted molar refractivity (Wildman–Crippen MR) is 105 cm³/mol. The third-order valence-electron chi connectivity index (χ3n) is 4.57. The highest BCUT2D eigenvalue weighted by Crippen LogP contribution is 2.26. The number of sulfonamides is 1. The molecule has 0 atom stereocenters. The number of ether oxygens (including phenoxy) is 1. The first-order valence-corrected chi connectivity index (χ1v) is 10.7. The average Bonchev–Trinajstić information content (AvgIpc) is 2.70. The first-order chi connectivity index (χ1) is 14.5. The van der Waals surface area contributed by atoms with Crippen LogP contribution in [0.5, 0.6) is 5.75 Å². The number of hydrogen-bond donors (Lipinski definition) is 0. The second-order valence-corrected chi connectivity index (χ2v) is 8.78. The molecule has 1 aromatic carbocycles. The largest absolute Gasteiger partial charge is 0.573 e. The SMILES string of the molecule is Cn1cc(CON=C2CCN(S(=O)(=O)c3ccc(OC(F)(F)F)cc3)CC2)ccc1=O. The van der Waals surface area contributed by atoms with Crippen LogP contribution in [0.2, 0.25) is 0 Å². The molecular formula is C19H20F3N3O5S. The molecule has 0 bridgehead atoms. The van der Waals surface area contributed by atoms with Crippen molar-refractivity contribution in [1.29, 1.82) is 0 Å². The molecule has 0 unspecified atom stereocenters. The number of aromatic nitrogens is 1. The molecule has 168 valence electrons. The van der Waals surface area contributed by atoms with Crippen molar-refractivity contribution in [1.82, 2.24) is 8.87 Å². The summed E-state index contributed by atoms with van der Waals surface area (Å²) in [5, 5.41) is 4.05. The van der Waals surface area contributed by atoms with E-state index in [0.717, 1.165) is 29.8 Å². The zero-order chi connectivity index (χ0) is 22.6. The number of rotatable bonds is 6. The van der Waals surface area contributed by atoms with Gasteiger partial charge in [-0.1, -0.05) is 5.16 Å². The Kier molecular flexibility index (Phi) is 6.70. The number of oxime groups is 1. The van der Waals surface area contributed by atoms with E-state index in [4.69, 9.17) is 4.84 Å². The molecule has 1 saturated heterocycles. The highest BCUT2D eigenvalue weighted by molar-refractivity contribution is 7.89. The summed E-state index contributed by atoms with van der Waals surface area (Å²) >= 11 is 0. The normalized spacial score (nSPS) is 15.5. The van der Waals surface area contributed by atoms with Gasteiger partial charge in [-0.05, 0) is 30.3 Å². The van der Waals surface area contributed by atoms with Crippen LogP contribution in [0.1, 0.15) is 18.4 Å². The van der Waals surface area contributed by atoms with Crippen molar-refractivity contribution in [3.05, 3.63) is 58.5 Å². The summed E-state index contributed by atoms with van der Waals surface area (Å²) < 4.78 is 68.6. The standard InChI is InChI=1S/C19H20F3N3O5S/c1-24-12-14(2-7-18(24)26)13-29-23-15-8-10-25(11-9-15)31(27,28)17-5-3-16(4-6-17)30-19(20,21)22/h2-7,12H,8-11,13H2,1H3. The van der Waals surface area contributed by atoms with Gasteiger partial charge in [-0.15, -0.1) is 13.2 Å². The van der Waals surface area contributed by atoms with Crippen LogP contribution in [0.15, 0.2) is 57.4 Å². The van der Waals surface area contributed by atoms with Gasteiger partial charge in [-0.2, -0.15) is 4.31 Å². The molecule has 3 rings (SSSR count). The molecule has 2 heterocycles. The second-order valence-electron chi connectivity index (χ2n) is 6.84. The lowest BCUT2D eigenvalue weighted by molar-refractivity contribution is -0.274. The maximum atomic E-state index is 12.7. The van der Waals surface area contributed by atoms with Gasteiger partial charge in [-0.3, -0.25) is 4.79 Å². The van der Waals surface area contributed by atoms with E-state index in [1.807, 2.05) is 0 Å². The minimum absolute atomic E-state index is 0.117. The van der Waals surface area contributed by atoms with Crippen molar-refractivity contribution in [2.75, 3.05) is 13.1 Å². The van der Waals surface area contributed by atoms with Crippen LogP contribution in [0.3, 0.4) is 0 Å². The van der Waals surface area contributed by atoms with Gasteiger partial charge in [-0.25, -0.2) is 8.42 Å². The summed E-state index contributed by atoms with van der Waals surface area (Å²) in [6, 6.07) is 7.15.